The Bertz CT molecular complexity index is 273. The Labute approximate surface area is 78.5 Å². The molecular formula is C8H7BrClF. The van der Waals surface area contributed by atoms with E-state index in [1.54, 1.807) is 13.0 Å². The number of aryl methyl sites for hydroxylation is 1. The highest BCUT2D eigenvalue weighted by atomic mass is 79.9. The molecule has 0 heterocycles. The summed E-state index contributed by atoms with van der Waals surface area (Å²) in [6.07, 6.45) is 0. The second-order valence-electron chi connectivity index (χ2n) is 2.30. The van der Waals surface area contributed by atoms with Crippen LogP contribution in [-0.4, -0.2) is 0 Å². The van der Waals surface area contributed by atoms with Gasteiger partial charge in [-0.15, -0.1) is 0 Å². The summed E-state index contributed by atoms with van der Waals surface area (Å²) in [6.45, 7) is 1.69. The summed E-state index contributed by atoms with van der Waals surface area (Å²) in [4.78, 5) is 0. The normalized spacial score (nSPS) is 10.2. The first kappa shape index (κ1) is 9.01. The van der Waals surface area contributed by atoms with Crippen LogP contribution in [0.3, 0.4) is 0 Å². The first-order chi connectivity index (χ1) is 5.16. The van der Waals surface area contributed by atoms with Crippen LogP contribution in [0.25, 0.3) is 0 Å². The standard InChI is InChI=1S/C8H7BrClF/c1-5-2-3-6(4-9)7(10)8(5)11/h2-3H,4H2,1H3. The number of benzene rings is 1. The number of alkyl halides is 1. The summed E-state index contributed by atoms with van der Waals surface area (Å²) in [5.41, 5.74) is 1.37. The first-order valence-corrected chi connectivity index (χ1v) is 4.66. The van der Waals surface area contributed by atoms with Crippen molar-refractivity contribution < 1.29 is 4.39 Å². The van der Waals surface area contributed by atoms with Crippen molar-refractivity contribution in [1.82, 2.24) is 0 Å². The third-order valence-electron chi connectivity index (χ3n) is 1.50. The maximum Gasteiger partial charge on any atom is 0.144 e. The summed E-state index contributed by atoms with van der Waals surface area (Å²) in [7, 11) is 0. The van der Waals surface area contributed by atoms with Gasteiger partial charge < -0.3 is 0 Å². The summed E-state index contributed by atoms with van der Waals surface area (Å²) < 4.78 is 13.0. The fraction of sp³-hybridized carbons (Fsp3) is 0.250. The van der Waals surface area contributed by atoms with Crippen molar-refractivity contribution in [2.75, 3.05) is 0 Å². The lowest BCUT2D eigenvalue weighted by molar-refractivity contribution is 0.617. The van der Waals surface area contributed by atoms with Gasteiger partial charge >= 0.3 is 0 Å². The number of halogens is 3. The van der Waals surface area contributed by atoms with Crippen LogP contribution in [0.5, 0.6) is 0 Å². The molecule has 0 aromatic heterocycles. The molecule has 1 aromatic rings. The van der Waals surface area contributed by atoms with Crippen LogP contribution in [0, 0.1) is 12.7 Å². The van der Waals surface area contributed by atoms with Gasteiger partial charge in [0.25, 0.3) is 0 Å². The van der Waals surface area contributed by atoms with Crippen LogP contribution in [-0.2, 0) is 5.33 Å². The van der Waals surface area contributed by atoms with Crippen molar-refractivity contribution in [3.63, 3.8) is 0 Å². The highest BCUT2D eigenvalue weighted by Gasteiger charge is 2.06. The van der Waals surface area contributed by atoms with Crippen molar-refractivity contribution in [3.8, 4) is 0 Å². The minimum atomic E-state index is -0.316. The van der Waals surface area contributed by atoms with Gasteiger partial charge in [-0.1, -0.05) is 39.7 Å². The largest absolute Gasteiger partial charge is 0.205 e. The van der Waals surface area contributed by atoms with Crippen molar-refractivity contribution in [2.24, 2.45) is 0 Å². The number of hydrogen-bond acceptors (Lipinski definition) is 0. The topological polar surface area (TPSA) is 0 Å². The molecule has 0 aliphatic carbocycles. The predicted octanol–water partition coefficient (Wildman–Crippen LogP) is 3.68. The lowest BCUT2D eigenvalue weighted by Crippen LogP contribution is -1.88. The zero-order chi connectivity index (χ0) is 8.43. The minimum absolute atomic E-state index is 0.224. The van der Waals surface area contributed by atoms with E-state index in [4.69, 9.17) is 11.6 Å². The Morgan fingerprint density at radius 3 is 2.73 bits per heavy atom. The first-order valence-electron chi connectivity index (χ1n) is 3.16. The molecule has 0 N–H and O–H groups in total. The van der Waals surface area contributed by atoms with Crippen LogP contribution < -0.4 is 0 Å². The highest BCUT2D eigenvalue weighted by Crippen LogP contribution is 2.24. The van der Waals surface area contributed by atoms with Gasteiger partial charge in [0.2, 0.25) is 0 Å². The minimum Gasteiger partial charge on any atom is -0.205 e. The van der Waals surface area contributed by atoms with E-state index in [1.807, 2.05) is 6.07 Å². The fourth-order valence-electron chi connectivity index (χ4n) is 0.789. The summed E-state index contributed by atoms with van der Waals surface area (Å²) in [5, 5.41) is 0.810. The molecule has 0 aliphatic rings. The molecule has 0 fully saturated rings. The third-order valence-corrected chi connectivity index (χ3v) is 2.51. The van der Waals surface area contributed by atoms with Crippen molar-refractivity contribution in [3.05, 3.63) is 34.1 Å². The Balaban J connectivity index is 3.25. The van der Waals surface area contributed by atoms with E-state index in [0.29, 0.717) is 10.9 Å². The molecule has 0 unspecified atom stereocenters. The van der Waals surface area contributed by atoms with Crippen LogP contribution in [0.1, 0.15) is 11.1 Å². The lowest BCUT2D eigenvalue weighted by atomic mass is 10.1. The molecular weight excluding hydrogens is 230 g/mol. The monoisotopic (exact) mass is 236 g/mol. The molecule has 0 atom stereocenters. The zero-order valence-corrected chi connectivity index (χ0v) is 8.34. The van der Waals surface area contributed by atoms with Gasteiger partial charge in [-0.25, -0.2) is 4.39 Å². The maximum absolute atomic E-state index is 13.0. The molecule has 0 nitrogen and oxygen atoms in total. The summed E-state index contributed by atoms with van der Waals surface area (Å²) in [6, 6.07) is 3.54. The van der Waals surface area contributed by atoms with Gasteiger partial charge in [0, 0.05) is 5.33 Å². The summed E-state index contributed by atoms with van der Waals surface area (Å²) in [5.74, 6) is -0.316. The van der Waals surface area contributed by atoms with E-state index in [1.165, 1.54) is 0 Å². The van der Waals surface area contributed by atoms with Crippen molar-refractivity contribution >= 4 is 27.5 Å². The second-order valence-corrected chi connectivity index (χ2v) is 3.24. The SMILES string of the molecule is Cc1ccc(CBr)c(Cl)c1F. The molecule has 0 saturated heterocycles. The Morgan fingerprint density at radius 2 is 2.18 bits per heavy atom. The van der Waals surface area contributed by atoms with Crippen molar-refractivity contribution in [1.29, 1.82) is 0 Å². The van der Waals surface area contributed by atoms with Crippen molar-refractivity contribution in [2.45, 2.75) is 12.3 Å². The van der Waals surface area contributed by atoms with Gasteiger partial charge in [0.1, 0.15) is 5.82 Å². The van der Waals surface area contributed by atoms with Gasteiger partial charge in [-0.2, -0.15) is 0 Å². The van der Waals surface area contributed by atoms with E-state index in [2.05, 4.69) is 15.9 Å². The number of rotatable bonds is 1. The Kier molecular flexibility index (Phi) is 2.90. The Morgan fingerprint density at radius 1 is 1.55 bits per heavy atom. The maximum atomic E-state index is 13.0. The number of hydrogen-bond donors (Lipinski definition) is 0. The smallest absolute Gasteiger partial charge is 0.144 e. The predicted molar refractivity (Wildman–Crippen MR) is 48.8 cm³/mol. The highest BCUT2D eigenvalue weighted by molar-refractivity contribution is 9.08. The third kappa shape index (κ3) is 1.74. The average Bonchev–Trinajstić information content (AvgIpc) is 2.01. The van der Waals surface area contributed by atoms with Gasteiger partial charge in [0.05, 0.1) is 5.02 Å². The molecule has 3 heteroatoms. The molecule has 0 amide bonds. The van der Waals surface area contributed by atoms with Gasteiger partial charge in [0.15, 0.2) is 0 Å². The van der Waals surface area contributed by atoms with Crippen LogP contribution in [0.2, 0.25) is 5.02 Å². The van der Waals surface area contributed by atoms with E-state index < -0.39 is 0 Å². The van der Waals surface area contributed by atoms with Gasteiger partial charge in [-0.3, -0.25) is 0 Å². The van der Waals surface area contributed by atoms with E-state index in [-0.39, 0.29) is 10.8 Å². The molecule has 60 valence electrons. The zero-order valence-electron chi connectivity index (χ0n) is 6.00. The van der Waals surface area contributed by atoms with E-state index >= 15 is 0 Å². The second kappa shape index (κ2) is 3.55. The lowest BCUT2D eigenvalue weighted by Gasteiger charge is -2.02. The fourth-order valence-corrected chi connectivity index (χ4v) is 1.70. The molecule has 0 aliphatic heterocycles. The Hall–Kier alpha value is -0.0800. The molecule has 0 saturated carbocycles. The summed E-state index contributed by atoms with van der Waals surface area (Å²) >= 11 is 8.91. The molecule has 11 heavy (non-hydrogen) atoms. The van der Waals surface area contributed by atoms with Gasteiger partial charge in [-0.05, 0) is 18.1 Å². The average molecular weight is 237 g/mol. The molecule has 0 radical (unpaired) electrons. The molecule has 1 rings (SSSR count). The van der Waals surface area contributed by atoms with Crippen LogP contribution in [0.15, 0.2) is 12.1 Å². The molecule has 1 aromatic carbocycles. The van der Waals surface area contributed by atoms with E-state index in [0.717, 1.165) is 5.56 Å². The molecule has 0 bridgehead atoms. The quantitative estimate of drug-likeness (QED) is 0.654. The van der Waals surface area contributed by atoms with E-state index in [9.17, 15) is 4.39 Å². The van der Waals surface area contributed by atoms with Crippen LogP contribution in [0.4, 0.5) is 4.39 Å². The van der Waals surface area contributed by atoms with Crippen LogP contribution >= 0.6 is 27.5 Å². The molecule has 0 spiro atoms.